The molecule has 0 saturated carbocycles. The van der Waals surface area contributed by atoms with Gasteiger partial charge in [-0.1, -0.05) is 11.6 Å². The highest BCUT2D eigenvalue weighted by Crippen LogP contribution is 2.25. The van der Waals surface area contributed by atoms with Gasteiger partial charge in [0.15, 0.2) is 0 Å². The molecule has 0 bridgehead atoms. The summed E-state index contributed by atoms with van der Waals surface area (Å²) in [7, 11) is 1.66. The Hall–Kier alpha value is -3.91. The Morgan fingerprint density at radius 3 is 2.50 bits per heavy atom. The third-order valence-corrected chi connectivity index (χ3v) is 5.31. The molecule has 1 aromatic heterocycles. The van der Waals surface area contributed by atoms with Gasteiger partial charge >= 0.3 is 0 Å². The largest absolute Gasteiger partial charge is 0.463 e. The Labute approximate surface area is 189 Å². The van der Waals surface area contributed by atoms with E-state index in [0.717, 1.165) is 5.69 Å². The van der Waals surface area contributed by atoms with Gasteiger partial charge in [-0.15, -0.1) is 0 Å². The summed E-state index contributed by atoms with van der Waals surface area (Å²) in [6, 6.07) is 15.4. The van der Waals surface area contributed by atoms with Crippen molar-refractivity contribution >= 4 is 46.5 Å². The van der Waals surface area contributed by atoms with Crippen LogP contribution in [0.25, 0.3) is 0 Å². The molecule has 0 aliphatic carbocycles. The van der Waals surface area contributed by atoms with E-state index in [1.165, 1.54) is 17.3 Å². The van der Waals surface area contributed by atoms with Crippen LogP contribution in [0.1, 0.15) is 20.7 Å². The summed E-state index contributed by atoms with van der Waals surface area (Å²) >= 11 is 5.88. The number of hydrogen-bond acceptors (Lipinski definition) is 5. The van der Waals surface area contributed by atoms with Crippen molar-refractivity contribution in [1.29, 1.82) is 5.41 Å². The van der Waals surface area contributed by atoms with E-state index in [0.29, 0.717) is 40.7 Å². The molecule has 1 aliphatic rings. The molecule has 1 aliphatic heterocycles. The van der Waals surface area contributed by atoms with Gasteiger partial charge in [-0.25, -0.2) is 0 Å². The zero-order chi connectivity index (χ0) is 22.7. The number of nitrogens with zero attached hydrogens (tertiary/aromatic N) is 3. The SMILES string of the molecule is CN(C(=O)c1ccncc1NC(=O)c1ccc(Cl)cc1)c1ccc(N2CCOC2=N)cc1. The molecule has 0 unspecified atom stereocenters. The molecule has 2 amide bonds. The number of pyridine rings is 1. The van der Waals surface area contributed by atoms with E-state index in [-0.39, 0.29) is 17.8 Å². The molecule has 0 spiro atoms. The number of anilines is 3. The topological polar surface area (TPSA) is 98.6 Å². The number of hydrogen-bond donors (Lipinski definition) is 2. The first-order valence-corrected chi connectivity index (χ1v) is 10.2. The number of ether oxygens (including phenoxy) is 1. The summed E-state index contributed by atoms with van der Waals surface area (Å²) in [4.78, 5) is 33.1. The molecule has 1 saturated heterocycles. The smallest absolute Gasteiger partial charge is 0.289 e. The molecule has 2 heterocycles. The number of carbonyl (C=O) groups is 2. The Kier molecular flexibility index (Phi) is 6.04. The van der Waals surface area contributed by atoms with E-state index in [4.69, 9.17) is 21.7 Å². The lowest BCUT2D eigenvalue weighted by molar-refractivity contribution is 0.0993. The maximum atomic E-state index is 13.2. The van der Waals surface area contributed by atoms with Crippen LogP contribution in [0.2, 0.25) is 5.02 Å². The molecule has 162 valence electrons. The lowest BCUT2D eigenvalue weighted by Crippen LogP contribution is -2.28. The highest BCUT2D eigenvalue weighted by molar-refractivity contribution is 6.30. The summed E-state index contributed by atoms with van der Waals surface area (Å²) in [6.07, 6.45) is 2.94. The van der Waals surface area contributed by atoms with Crippen LogP contribution in [-0.4, -0.2) is 43.0 Å². The van der Waals surface area contributed by atoms with Crippen molar-refractivity contribution in [2.45, 2.75) is 0 Å². The van der Waals surface area contributed by atoms with Crippen molar-refractivity contribution in [3.05, 3.63) is 83.1 Å². The van der Waals surface area contributed by atoms with Gasteiger partial charge in [-0.3, -0.25) is 24.9 Å². The van der Waals surface area contributed by atoms with Gasteiger partial charge in [-0.05, 0) is 54.6 Å². The first-order chi connectivity index (χ1) is 15.4. The van der Waals surface area contributed by atoms with Crippen LogP contribution in [0.15, 0.2) is 67.0 Å². The highest BCUT2D eigenvalue weighted by atomic mass is 35.5. The van der Waals surface area contributed by atoms with Gasteiger partial charge in [0, 0.05) is 35.2 Å². The average Bonchev–Trinajstić information content (AvgIpc) is 3.25. The van der Waals surface area contributed by atoms with Gasteiger partial charge in [-0.2, -0.15) is 0 Å². The molecule has 2 aromatic carbocycles. The molecular formula is C23H20ClN5O3. The predicted molar refractivity (Wildman–Crippen MR) is 124 cm³/mol. The molecule has 4 rings (SSSR count). The highest BCUT2D eigenvalue weighted by Gasteiger charge is 2.22. The fourth-order valence-corrected chi connectivity index (χ4v) is 3.42. The van der Waals surface area contributed by atoms with Crippen molar-refractivity contribution in [1.82, 2.24) is 4.98 Å². The summed E-state index contributed by atoms with van der Waals surface area (Å²) in [5.74, 6) is -0.671. The fourth-order valence-electron chi connectivity index (χ4n) is 3.29. The van der Waals surface area contributed by atoms with Crippen LogP contribution >= 0.6 is 11.6 Å². The van der Waals surface area contributed by atoms with Crippen LogP contribution in [0, 0.1) is 5.41 Å². The number of amides is 2. The van der Waals surface area contributed by atoms with Crippen molar-refractivity contribution in [3.63, 3.8) is 0 Å². The molecule has 1 fully saturated rings. The number of benzene rings is 2. The zero-order valence-corrected chi connectivity index (χ0v) is 18.0. The monoisotopic (exact) mass is 449 g/mol. The minimum absolute atomic E-state index is 0.111. The van der Waals surface area contributed by atoms with Gasteiger partial charge in [0.05, 0.1) is 24.0 Å². The quantitative estimate of drug-likeness (QED) is 0.612. The Morgan fingerprint density at radius 1 is 1.12 bits per heavy atom. The third-order valence-electron chi connectivity index (χ3n) is 5.06. The second kappa shape index (κ2) is 9.07. The van der Waals surface area contributed by atoms with Crippen LogP contribution in [-0.2, 0) is 4.74 Å². The Balaban J connectivity index is 1.52. The molecule has 3 aromatic rings. The van der Waals surface area contributed by atoms with E-state index in [2.05, 4.69) is 10.3 Å². The second-order valence-corrected chi connectivity index (χ2v) is 7.50. The lowest BCUT2D eigenvalue weighted by atomic mass is 10.1. The van der Waals surface area contributed by atoms with Crippen LogP contribution in [0.3, 0.4) is 0 Å². The van der Waals surface area contributed by atoms with E-state index in [1.54, 1.807) is 54.4 Å². The third kappa shape index (κ3) is 4.40. The number of carbonyl (C=O) groups excluding carboxylic acids is 2. The number of halogens is 1. The first-order valence-electron chi connectivity index (χ1n) is 9.82. The van der Waals surface area contributed by atoms with Crippen molar-refractivity contribution in [2.75, 3.05) is 35.3 Å². The van der Waals surface area contributed by atoms with Crippen LogP contribution in [0.4, 0.5) is 17.1 Å². The summed E-state index contributed by atoms with van der Waals surface area (Å²) in [6.45, 7) is 1.09. The minimum Gasteiger partial charge on any atom is -0.463 e. The number of amidine groups is 1. The molecule has 2 N–H and O–H groups in total. The van der Waals surface area contributed by atoms with E-state index < -0.39 is 0 Å². The number of aromatic nitrogens is 1. The number of rotatable bonds is 5. The molecule has 0 atom stereocenters. The average molecular weight is 450 g/mol. The molecule has 32 heavy (non-hydrogen) atoms. The van der Waals surface area contributed by atoms with Crippen LogP contribution in [0.5, 0.6) is 0 Å². The molecular weight excluding hydrogens is 430 g/mol. The maximum Gasteiger partial charge on any atom is 0.289 e. The standard InChI is InChI=1S/C23H20ClN5O3/c1-28(17-6-8-18(9-7-17)29-12-13-32-23(29)25)22(31)19-10-11-26-14-20(19)27-21(30)15-2-4-16(24)5-3-15/h2-11,14,25H,12-13H2,1H3,(H,27,30). The minimum atomic E-state index is -0.369. The maximum absolute atomic E-state index is 13.2. The first kappa shape index (κ1) is 21.3. The summed E-state index contributed by atoms with van der Waals surface area (Å²) < 4.78 is 5.17. The predicted octanol–water partition coefficient (Wildman–Crippen LogP) is 4.04. The van der Waals surface area contributed by atoms with E-state index in [9.17, 15) is 9.59 Å². The van der Waals surface area contributed by atoms with E-state index >= 15 is 0 Å². The van der Waals surface area contributed by atoms with E-state index in [1.807, 2.05) is 12.1 Å². The normalized spacial score (nSPS) is 12.9. The Bertz CT molecular complexity index is 1170. The lowest BCUT2D eigenvalue weighted by Gasteiger charge is -2.21. The summed E-state index contributed by atoms with van der Waals surface area (Å²) in [5.41, 5.74) is 2.51. The molecule has 8 nitrogen and oxygen atoms in total. The van der Waals surface area contributed by atoms with Crippen LogP contribution < -0.4 is 15.1 Å². The summed E-state index contributed by atoms with van der Waals surface area (Å²) in [5, 5.41) is 11.1. The molecule has 9 heteroatoms. The number of nitrogens with one attached hydrogen (secondary N) is 2. The Morgan fingerprint density at radius 2 is 1.84 bits per heavy atom. The molecule has 0 radical (unpaired) electrons. The van der Waals surface area contributed by atoms with Gasteiger partial charge in [0.1, 0.15) is 6.61 Å². The zero-order valence-electron chi connectivity index (χ0n) is 17.2. The second-order valence-electron chi connectivity index (χ2n) is 7.07. The fraction of sp³-hybridized carbons (Fsp3) is 0.130. The van der Waals surface area contributed by atoms with Gasteiger partial charge < -0.3 is 15.0 Å². The van der Waals surface area contributed by atoms with Crippen molar-refractivity contribution in [3.8, 4) is 0 Å². The van der Waals surface area contributed by atoms with Crippen molar-refractivity contribution in [2.24, 2.45) is 0 Å². The van der Waals surface area contributed by atoms with Gasteiger partial charge in [0.25, 0.3) is 17.8 Å². The van der Waals surface area contributed by atoms with Crippen molar-refractivity contribution < 1.29 is 14.3 Å². The van der Waals surface area contributed by atoms with Gasteiger partial charge in [0.2, 0.25) is 0 Å².